The molecule has 0 saturated carbocycles. The molecule has 7 nitrogen and oxygen atoms in total. The number of hydrogen-bond donors (Lipinski definition) is 2. The van der Waals surface area contributed by atoms with Crippen molar-refractivity contribution >= 4 is 23.7 Å². The van der Waals surface area contributed by atoms with Gasteiger partial charge < -0.3 is 10.4 Å². The van der Waals surface area contributed by atoms with Crippen LogP contribution in [-0.2, 0) is 4.79 Å². The summed E-state index contributed by atoms with van der Waals surface area (Å²) in [6.45, 7) is 3.92. The highest BCUT2D eigenvalue weighted by Gasteiger charge is 2.35. The predicted molar refractivity (Wildman–Crippen MR) is 85.9 cm³/mol. The molecule has 1 aliphatic rings. The number of benzene rings is 1. The summed E-state index contributed by atoms with van der Waals surface area (Å²) in [5, 5.41) is 11.3. The van der Waals surface area contributed by atoms with Crippen molar-refractivity contribution in [2.75, 3.05) is 6.54 Å². The Bertz CT molecular complexity index is 698. The molecule has 0 saturated heterocycles. The highest BCUT2D eigenvalue weighted by molar-refractivity contribution is 6.22. The van der Waals surface area contributed by atoms with Crippen LogP contribution in [-0.4, -0.2) is 46.3 Å². The van der Waals surface area contributed by atoms with Crippen molar-refractivity contribution in [3.63, 3.8) is 0 Å². The first kappa shape index (κ1) is 17.7. The second-order valence-electron chi connectivity index (χ2n) is 5.85. The van der Waals surface area contributed by atoms with Crippen LogP contribution >= 0.6 is 0 Å². The van der Waals surface area contributed by atoms with E-state index in [2.05, 4.69) is 5.32 Å². The SMILES string of the molecule is CCCCN1C(=O)c2ccc(C(=O)NC(C)CC(=O)O)cc2C1=O. The number of carbonyl (C=O) groups is 4. The lowest BCUT2D eigenvalue weighted by Gasteiger charge is -2.12. The zero-order valence-electron chi connectivity index (χ0n) is 13.7. The summed E-state index contributed by atoms with van der Waals surface area (Å²) in [5.74, 6) is -2.21. The van der Waals surface area contributed by atoms with E-state index in [1.807, 2.05) is 6.92 Å². The first-order valence-corrected chi connectivity index (χ1v) is 7.88. The van der Waals surface area contributed by atoms with Gasteiger partial charge in [-0.05, 0) is 31.5 Å². The van der Waals surface area contributed by atoms with Crippen LogP contribution in [0.2, 0.25) is 0 Å². The van der Waals surface area contributed by atoms with Crippen molar-refractivity contribution in [2.45, 2.75) is 39.2 Å². The van der Waals surface area contributed by atoms with Crippen molar-refractivity contribution < 1.29 is 24.3 Å². The topological polar surface area (TPSA) is 104 Å². The maximum Gasteiger partial charge on any atom is 0.305 e. The van der Waals surface area contributed by atoms with Gasteiger partial charge in [-0.2, -0.15) is 0 Å². The molecule has 0 radical (unpaired) electrons. The number of nitrogens with one attached hydrogen (secondary N) is 1. The normalized spacial score (nSPS) is 14.5. The third-order valence-electron chi connectivity index (χ3n) is 3.83. The molecule has 1 unspecified atom stereocenters. The minimum atomic E-state index is -1.01. The van der Waals surface area contributed by atoms with Gasteiger partial charge in [0.2, 0.25) is 0 Å². The summed E-state index contributed by atoms with van der Waals surface area (Å²) < 4.78 is 0. The van der Waals surface area contributed by atoms with E-state index in [0.717, 1.165) is 12.8 Å². The van der Waals surface area contributed by atoms with E-state index in [4.69, 9.17) is 5.11 Å². The summed E-state index contributed by atoms with van der Waals surface area (Å²) in [4.78, 5) is 48.6. The number of amides is 3. The van der Waals surface area contributed by atoms with Gasteiger partial charge in [0.25, 0.3) is 17.7 Å². The van der Waals surface area contributed by atoms with Crippen LogP contribution in [0.25, 0.3) is 0 Å². The third-order valence-corrected chi connectivity index (χ3v) is 3.83. The zero-order valence-corrected chi connectivity index (χ0v) is 13.7. The maximum absolute atomic E-state index is 12.4. The van der Waals surface area contributed by atoms with Gasteiger partial charge in [0.05, 0.1) is 17.5 Å². The molecule has 1 aromatic carbocycles. The fraction of sp³-hybridized carbons (Fsp3) is 0.412. The summed E-state index contributed by atoms with van der Waals surface area (Å²) in [7, 11) is 0. The van der Waals surface area contributed by atoms with E-state index >= 15 is 0 Å². The Morgan fingerprint density at radius 3 is 2.50 bits per heavy atom. The van der Waals surface area contributed by atoms with Gasteiger partial charge in [-0.15, -0.1) is 0 Å². The van der Waals surface area contributed by atoms with Gasteiger partial charge in [0.15, 0.2) is 0 Å². The van der Waals surface area contributed by atoms with Crippen LogP contribution in [0, 0.1) is 0 Å². The fourth-order valence-corrected chi connectivity index (χ4v) is 2.57. The molecule has 1 aliphatic heterocycles. The number of rotatable bonds is 7. The molecule has 1 atom stereocenters. The lowest BCUT2D eigenvalue weighted by atomic mass is 10.0. The summed E-state index contributed by atoms with van der Waals surface area (Å²) in [6.07, 6.45) is 1.40. The molecule has 0 aliphatic carbocycles. The Hall–Kier alpha value is -2.70. The molecule has 0 fully saturated rings. The van der Waals surface area contributed by atoms with Crippen molar-refractivity contribution in [1.29, 1.82) is 0 Å². The molecule has 0 bridgehead atoms. The van der Waals surface area contributed by atoms with E-state index in [9.17, 15) is 19.2 Å². The lowest BCUT2D eigenvalue weighted by Crippen LogP contribution is -2.34. The Labute approximate surface area is 139 Å². The van der Waals surface area contributed by atoms with E-state index in [-0.39, 0.29) is 23.5 Å². The van der Waals surface area contributed by atoms with E-state index < -0.39 is 23.8 Å². The molecule has 1 heterocycles. The molecular formula is C17H20N2O5. The monoisotopic (exact) mass is 332 g/mol. The summed E-state index contributed by atoms with van der Waals surface area (Å²) in [5.41, 5.74) is 0.741. The number of fused-ring (bicyclic) bond motifs is 1. The molecule has 7 heteroatoms. The van der Waals surface area contributed by atoms with E-state index in [0.29, 0.717) is 12.1 Å². The predicted octanol–water partition coefficient (Wildman–Crippen LogP) is 1.68. The minimum absolute atomic E-state index is 0.196. The third kappa shape index (κ3) is 3.61. The maximum atomic E-state index is 12.4. The zero-order chi connectivity index (χ0) is 17.9. The number of nitrogens with zero attached hydrogens (tertiary/aromatic N) is 1. The number of carboxylic acids is 1. The summed E-state index contributed by atoms with van der Waals surface area (Å²) >= 11 is 0. The minimum Gasteiger partial charge on any atom is -0.481 e. The Balaban J connectivity index is 2.17. The number of imide groups is 1. The number of carboxylic acid groups (broad SMARTS) is 1. The Morgan fingerprint density at radius 1 is 1.21 bits per heavy atom. The second-order valence-corrected chi connectivity index (χ2v) is 5.85. The van der Waals surface area contributed by atoms with Crippen molar-refractivity contribution in [2.24, 2.45) is 0 Å². The number of hydrogen-bond acceptors (Lipinski definition) is 4. The van der Waals surface area contributed by atoms with E-state index in [1.165, 1.54) is 23.1 Å². The largest absolute Gasteiger partial charge is 0.481 e. The van der Waals surface area contributed by atoms with Crippen LogP contribution in [0.4, 0.5) is 0 Å². The smallest absolute Gasteiger partial charge is 0.305 e. The van der Waals surface area contributed by atoms with Gasteiger partial charge in [-0.1, -0.05) is 13.3 Å². The highest BCUT2D eigenvalue weighted by atomic mass is 16.4. The molecule has 1 aromatic rings. The molecule has 3 amide bonds. The Morgan fingerprint density at radius 2 is 1.88 bits per heavy atom. The fourth-order valence-electron chi connectivity index (χ4n) is 2.57. The van der Waals surface area contributed by atoms with E-state index in [1.54, 1.807) is 6.92 Å². The molecule has 2 N–H and O–H groups in total. The first-order valence-electron chi connectivity index (χ1n) is 7.88. The van der Waals surface area contributed by atoms with Crippen LogP contribution in [0.5, 0.6) is 0 Å². The lowest BCUT2D eigenvalue weighted by molar-refractivity contribution is -0.137. The van der Waals surface area contributed by atoms with Crippen molar-refractivity contribution in [3.8, 4) is 0 Å². The van der Waals surface area contributed by atoms with Crippen molar-refractivity contribution in [3.05, 3.63) is 34.9 Å². The Kier molecular flexibility index (Phi) is 5.33. The summed E-state index contributed by atoms with van der Waals surface area (Å²) in [6, 6.07) is 3.79. The molecule has 0 spiro atoms. The van der Waals surface area contributed by atoms with Gasteiger partial charge in [-0.3, -0.25) is 24.1 Å². The molecule has 2 rings (SSSR count). The van der Waals surface area contributed by atoms with Gasteiger partial charge >= 0.3 is 5.97 Å². The van der Waals surface area contributed by atoms with Gasteiger partial charge in [-0.25, -0.2) is 0 Å². The van der Waals surface area contributed by atoms with Crippen LogP contribution in [0.3, 0.4) is 0 Å². The van der Waals surface area contributed by atoms with Crippen molar-refractivity contribution in [1.82, 2.24) is 10.2 Å². The first-order chi connectivity index (χ1) is 11.3. The van der Waals surface area contributed by atoms with Gasteiger partial charge in [0, 0.05) is 18.2 Å². The molecule has 128 valence electrons. The average Bonchev–Trinajstić information content (AvgIpc) is 2.75. The molecular weight excluding hydrogens is 312 g/mol. The highest BCUT2D eigenvalue weighted by Crippen LogP contribution is 2.24. The standard InChI is InChI=1S/C17H20N2O5/c1-3-4-7-19-16(23)12-6-5-11(9-13(12)17(19)24)15(22)18-10(2)8-14(20)21/h5-6,9-10H,3-4,7-8H2,1-2H3,(H,18,22)(H,20,21). The average molecular weight is 332 g/mol. The van der Waals surface area contributed by atoms with Crippen LogP contribution < -0.4 is 5.32 Å². The van der Waals surface area contributed by atoms with Crippen LogP contribution in [0.1, 0.15) is 64.2 Å². The second kappa shape index (κ2) is 7.25. The number of unbranched alkanes of at least 4 members (excludes halogenated alkanes) is 1. The molecule has 0 aromatic heterocycles. The molecule has 24 heavy (non-hydrogen) atoms. The van der Waals surface area contributed by atoms with Crippen LogP contribution in [0.15, 0.2) is 18.2 Å². The van der Waals surface area contributed by atoms with Gasteiger partial charge in [0.1, 0.15) is 0 Å². The number of aliphatic carboxylic acids is 1. The quantitative estimate of drug-likeness (QED) is 0.739. The number of carbonyl (C=O) groups excluding carboxylic acids is 3.